The Hall–Kier alpha value is -2.73. The van der Waals surface area contributed by atoms with Gasteiger partial charge in [-0.2, -0.15) is 5.10 Å². The molecule has 4 rings (SSSR count). The fraction of sp³-hybridized carbons (Fsp3) is 0.318. The SMILES string of the molecule is COc1ccc(-c2ccnn2Cc2ccc(F)c(F)c2)cc1C[C@@H]1CCOC1. The molecule has 0 radical (unpaired) electrons. The molecular weight excluding hydrogens is 362 g/mol. The molecule has 0 saturated carbocycles. The highest BCUT2D eigenvalue weighted by molar-refractivity contribution is 5.62. The highest BCUT2D eigenvalue weighted by Crippen LogP contribution is 2.30. The molecule has 0 amide bonds. The van der Waals surface area contributed by atoms with Crippen molar-refractivity contribution >= 4 is 0 Å². The van der Waals surface area contributed by atoms with Gasteiger partial charge in [0, 0.05) is 25.0 Å². The summed E-state index contributed by atoms with van der Waals surface area (Å²) in [4.78, 5) is 0. The van der Waals surface area contributed by atoms with Gasteiger partial charge < -0.3 is 9.47 Å². The topological polar surface area (TPSA) is 36.3 Å². The Balaban J connectivity index is 1.62. The quantitative estimate of drug-likeness (QED) is 0.629. The highest BCUT2D eigenvalue weighted by Gasteiger charge is 2.19. The van der Waals surface area contributed by atoms with Gasteiger partial charge in [-0.1, -0.05) is 6.07 Å². The van der Waals surface area contributed by atoms with Gasteiger partial charge in [0.2, 0.25) is 0 Å². The molecule has 0 aliphatic carbocycles. The predicted molar refractivity (Wildman–Crippen MR) is 102 cm³/mol. The molecule has 0 bridgehead atoms. The number of benzene rings is 2. The van der Waals surface area contributed by atoms with Gasteiger partial charge in [0.05, 0.1) is 19.3 Å². The van der Waals surface area contributed by atoms with Crippen LogP contribution in [0.25, 0.3) is 11.3 Å². The van der Waals surface area contributed by atoms with Crippen LogP contribution in [-0.4, -0.2) is 30.1 Å². The molecule has 1 aliphatic heterocycles. The normalized spacial score (nSPS) is 16.5. The van der Waals surface area contributed by atoms with Crippen LogP contribution in [-0.2, 0) is 17.7 Å². The Morgan fingerprint density at radius 1 is 1.14 bits per heavy atom. The first kappa shape index (κ1) is 18.6. The van der Waals surface area contributed by atoms with Crippen LogP contribution in [0.3, 0.4) is 0 Å². The van der Waals surface area contributed by atoms with Gasteiger partial charge in [-0.15, -0.1) is 0 Å². The van der Waals surface area contributed by atoms with Crippen molar-refractivity contribution in [1.82, 2.24) is 9.78 Å². The van der Waals surface area contributed by atoms with Gasteiger partial charge >= 0.3 is 0 Å². The summed E-state index contributed by atoms with van der Waals surface area (Å²) in [5, 5.41) is 4.36. The molecule has 1 aliphatic rings. The zero-order valence-corrected chi connectivity index (χ0v) is 15.7. The molecule has 1 aromatic heterocycles. The van der Waals surface area contributed by atoms with Crippen molar-refractivity contribution in [2.24, 2.45) is 5.92 Å². The second-order valence-electron chi connectivity index (χ2n) is 7.08. The van der Waals surface area contributed by atoms with Gasteiger partial charge in [0.25, 0.3) is 0 Å². The Morgan fingerprint density at radius 2 is 2.04 bits per heavy atom. The minimum atomic E-state index is -0.850. The Morgan fingerprint density at radius 3 is 2.79 bits per heavy atom. The standard InChI is InChI=1S/C22H22F2N2O2/c1-27-22-5-3-17(12-18(22)10-16-7-9-28-14-16)21-6-8-25-26(21)13-15-2-4-19(23)20(24)11-15/h2-6,8,11-12,16H,7,9-10,13-14H2,1H3/t16-/m0/s1. The predicted octanol–water partition coefficient (Wildman–Crippen LogP) is 4.46. The summed E-state index contributed by atoms with van der Waals surface area (Å²) in [7, 11) is 1.68. The number of ether oxygens (including phenoxy) is 2. The molecule has 1 atom stereocenters. The highest BCUT2D eigenvalue weighted by atomic mass is 19.2. The smallest absolute Gasteiger partial charge is 0.159 e. The van der Waals surface area contributed by atoms with E-state index in [0.717, 1.165) is 54.7 Å². The number of hydrogen-bond acceptors (Lipinski definition) is 3. The summed E-state index contributed by atoms with van der Waals surface area (Å²) in [6.45, 7) is 1.95. The van der Waals surface area contributed by atoms with Crippen LogP contribution in [0, 0.1) is 17.6 Å². The van der Waals surface area contributed by atoms with E-state index >= 15 is 0 Å². The largest absolute Gasteiger partial charge is 0.496 e. The van der Waals surface area contributed by atoms with E-state index in [0.29, 0.717) is 18.0 Å². The van der Waals surface area contributed by atoms with Crippen molar-refractivity contribution in [3.8, 4) is 17.0 Å². The summed E-state index contributed by atoms with van der Waals surface area (Å²) in [5.41, 5.74) is 3.71. The third-order valence-corrected chi connectivity index (χ3v) is 5.14. The van der Waals surface area contributed by atoms with E-state index in [1.54, 1.807) is 24.1 Å². The van der Waals surface area contributed by atoms with Crippen LogP contribution in [0.15, 0.2) is 48.7 Å². The van der Waals surface area contributed by atoms with Gasteiger partial charge in [0.15, 0.2) is 11.6 Å². The summed E-state index contributed by atoms with van der Waals surface area (Å²) in [6.07, 6.45) is 3.67. The monoisotopic (exact) mass is 384 g/mol. The van der Waals surface area contributed by atoms with Gasteiger partial charge in [-0.25, -0.2) is 8.78 Å². The van der Waals surface area contributed by atoms with Crippen LogP contribution in [0.2, 0.25) is 0 Å². The van der Waals surface area contributed by atoms with E-state index in [1.165, 1.54) is 6.07 Å². The summed E-state index contributed by atoms with van der Waals surface area (Å²) in [5.74, 6) is -0.338. The van der Waals surface area contributed by atoms with Crippen LogP contribution in [0.4, 0.5) is 8.78 Å². The van der Waals surface area contributed by atoms with Crippen molar-refractivity contribution in [3.05, 3.63) is 71.4 Å². The van der Waals surface area contributed by atoms with E-state index in [1.807, 2.05) is 18.2 Å². The first-order valence-corrected chi connectivity index (χ1v) is 9.35. The van der Waals surface area contributed by atoms with Crippen LogP contribution in [0.1, 0.15) is 17.5 Å². The van der Waals surface area contributed by atoms with Crippen molar-refractivity contribution in [3.63, 3.8) is 0 Å². The average Bonchev–Trinajstić information content (AvgIpc) is 3.37. The minimum Gasteiger partial charge on any atom is -0.496 e. The summed E-state index contributed by atoms with van der Waals surface area (Å²) in [6, 6.07) is 11.9. The van der Waals surface area contributed by atoms with Crippen molar-refractivity contribution in [1.29, 1.82) is 0 Å². The zero-order chi connectivity index (χ0) is 19.5. The molecule has 6 heteroatoms. The first-order chi connectivity index (χ1) is 13.6. The van der Waals surface area contributed by atoms with Crippen LogP contribution >= 0.6 is 0 Å². The molecule has 2 aromatic carbocycles. The third-order valence-electron chi connectivity index (χ3n) is 5.14. The van der Waals surface area contributed by atoms with Crippen LogP contribution in [0.5, 0.6) is 5.75 Å². The second kappa shape index (κ2) is 8.10. The number of nitrogens with zero attached hydrogens (tertiary/aromatic N) is 2. The molecule has 146 valence electrons. The zero-order valence-electron chi connectivity index (χ0n) is 15.7. The lowest BCUT2D eigenvalue weighted by atomic mass is 9.96. The average molecular weight is 384 g/mol. The van der Waals surface area contributed by atoms with Crippen molar-refractivity contribution < 1.29 is 18.3 Å². The molecule has 28 heavy (non-hydrogen) atoms. The fourth-order valence-corrected chi connectivity index (χ4v) is 3.67. The molecule has 4 nitrogen and oxygen atoms in total. The number of halogens is 2. The maximum atomic E-state index is 13.5. The number of methoxy groups -OCH3 is 1. The van der Waals surface area contributed by atoms with E-state index < -0.39 is 11.6 Å². The lowest BCUT2D eigenvalue weighted by Gasteiger charge is -2.15. The minimum absolute atomic E-state index is 0.358. The van der Waals surface area contributed by atoms with E-state index in [-0.39, 0.29) is 0 Å². The Bertz CT molecular complexity index is 965. The third kappa shape index (κ3) is 3.92. The summed E-state index contributed by atoms with van der Waals surface area (Å²) < 4.78 is 39.5. The summed E-state index contributed by atoms with van der Waals surface area (Å²) >= 11 is 0. The number of rotatable bonds is 6. The van der Waals surface area contributed by atoms with Gasteiger partial charge in [0.1, 0.15) is 5.75 Å². The molecular formula is C22H22F2N2O2. The van der Waals surface area contributed by atoms with Crippen molar-refractivity contribution in [2.75, 3.05) is 20.3 Å². The fourth-order valence-electron chi connectivity index (χ4n) is 3.67. The van der Waals surface area contributed by atoms with Gasteiger partial charge in [-0.05, 0) is 66.3 Å². The molecule has 3 aromatic rings. The maximum Gasteiger partial charge on any atom is 0.159 e. The molecule has 1 fully saturated rings. The van der Waals surface area contributed by atoms with Crippen molar-refractivity contribution in [2.45, 2.75) is 19.4 Å². The lowest BCUT2D eigenvalue weighted by molar-refractivity contribution is 0.185. The maximum absolute atomic E-state index is 13.5. The lowest BCUT2D eigenvalue weighted by Crippen LogP contribution is -2.07. The molecule has 0 unspecified atom stereocenters. The number of hydrogen-bond donors (Lipinski definition) is 0. The van der Waals surface area contributed by atoms with E-state index in [2.05, 4.69) is 11.2 Å². The molecule has 0 N–H and O–H groups in total. The van der Waals surface area contributed by atoms with E-state index in [4.69, 9.17) is 9.47 Å². The molecule has 2 heterocycles. The Labute approximate surface area is 162 Å². The van der Waals surface area contributed by atoms with E-state index in [9.17, 15) is 8.78 Å². The van der Waals surface area contributed by atoms with Gasteiger partial charge in [-0.3, -0.25) is 4.68 Å². The Kier molecular flexibility index (Phi) is 5.39. The second-order valence-corrected chi connectivity index (χ2v) is 7.08. The number of aromatic nitrogens is 2. The first-order valence-electron chi connectivity index (χ1n) is 9.35. The molecule has 1 saturated heterocycles. The van der Waals surface area contributed by atoms with Crippen LogP contribution < -0.4 is 4.74 Å². The molecule has 0 spiro atoms.